The standard InChI is InChI=1S/C15H25N3O2/c1-2-12(8-9-19)11-17-14(10-15(16)18-20)13-6-4-3-5-7-13/h3-7,12,14,17,19-20H,2,8-11H2,1H3,(H2,16,18). The van der Waals surface area contributed by atoms with Crippen LogP contribution in [0.1, 0.15) is 37.8 Å². The van der Waals surface area contributed by atoms with Crippen LogP contribution in [0.5, 0.6) is 0 Å². The molecular formula is C15H25N3O2. The summed E-state index contributed by atoms with van der Waals surface area (Å²) in [7, 11) is 0. The molecule has 1 rings (SSSR count). The number of hydrogen-bond donors (Lipinski definition) is 4. The summed E-state index contributed by atoms with van der Waals surface area (Å²) in [5, 5.41) is 24.3. The van der Waals surface area contributed by atoms with Crippen LogP contribution >= 0.6 is 0 Å². The molecule has 0 aliphatic carbocycles. The van der Waals surface area contributed by atoms with Crippen molar-refractivity contribution >= 4 is 5.84 Å². The molecule has 0 saturated heterocycles. The van der Waals surface area contributed by atoms with Gasteiger partial charge in [-0.25, -0.2) is 0 Å². The second-order valence-corrected chi connectivity index (χ2v) is 4.95. The molecule has 0 aromatic heterocycles. The highest BCUT2D eigenvalue weighted by Gasteiger charge is 2.15. The van der Waals surface area contributed by atoms with E-state index in [1.165, 1.54) is 0 Å². The molecule has 5 N–H and O–H groups in total. The molecule has 0 spiro atoms. The van der Waals surface area contributed by atoms with Crippen LogP contribution in [0.4, 0.5) is 0 Å². The Hall–Kier alpha value is -1.59. The number of hydrogen-bond acceptors (Lipinski definition) is 4. The summed E-state index contributed by atoms with van der Waals surface area (Å²) in [6, 6.07) is 9.97. The van der Waals surface area contributed by atoms with E-state index in [1.54, 1.807) is 0 Å². The highest BCUT2D eigenvalue weighted by atomic mass is 16.4. The average Bonchev–Trinajstić information content (AvgIpc) is 2.50. The Labute approximate surface area is 120 Å². The van der Waals surface area contributed by atoms with Crippen LogP contribution < -0.4 is 11.1 Å². The Balaban J connectivity index is 2.68. The molecule has 0 saturated carbocycles. The first-order valence-electron chi connectivity index (χ1n) is 7.06. The van der Waals surface area contributed by atoms with Crippen molar-refractivity contribution in [3.8, 4) is 0 Å². The Kier molecular flexibility index (Phi) is 7.69. The molecular weight excluding hydrogens is 254 g/mol. The van der Waals surface area contributed by atoms with Gasteiger partial charge in [-0.15, -0.1) is 0 Å². The molecule has 1 aromatic rings. The molecule has 20 heavy (non-hydrogen) atoms. The molecule has 0 fully saturated rings. The lowest BCUT2D eigenvalue weighted by Crippen LogP contribution is -2.31. The van der Waals surface area contributed by atoms with Crippen LogP contribution in [0.3, 0.4) is 0 Å². The van der Waals surface area contributed by atoms with E-state index in [9.17, 15) is 0 Å². The maximum atomic E-state index is 9.03. The molecule has 5 heteroatoms. The van der Waals surface area contributed by atoms with E-state index < -0.39 is 0 Å². The number of amidine groups is 1. The quantitative estimate of drug-likeness (QED) is 0.240. The van der Waals surface area contributed by atoms with Gasteiger partial charge in [-0.2, -0.15) is 0 Å². The van der Waals surface area contributed by atoms with Crippen LogP contribution in [-0.4, -0.2) is 29.3 Å². The van der Waals surface area contributed by atoms with E-state index in [2.05, 4.69) is 17.4 Å². The first kappa shape index (κ1) is 16.5. The number of aliphatic hydroxyl groups excluding tert-OH is 1. The summed E-state index contributed by atoms with van der Waals surface area (Å²) in [5.74, 6) is 0.639. The molecule has 112 valence electrons. The molecule has 0 aliphatic rings. The van der Waals surface area contributed by atoms with E-state index in [1.807, 2.05) is 30.3 Å². The largest absolute Gasteiger partial charge is 0.409 e. The van der Waals surface area contributed by atoms with Gasteiger partial charge in [0.15, 0.2) is 0 Å². The van der Waals surface area contributed by atoms with Crippen molar-refractivity contribution < 1.29 is 10.3 Å². The summed E-state index contributed by atoms with van der Waals surface area (Å²) < 4.78 is 0. The monoisotopic (exact) mass is 279 g/mol. The molecule has 2 atom stereocenters. The lowest BCUT2D eigenvalue weighted by molar-refractivity contribution is 0.248. The Morgan fingerprint density at radius 2 is 2.05 bits per heavy atom. The van der Waals surface area contributed by atoms with Crippen molar-refractivity contribution in [1.29, 1.82) is 0 Å². The number of rotatable bonds is 9. The van der Waals surface area contributed by atoms with Crippen molar-refractivity contribution in [2.24, 2.45) is 16.8 Å². The summed E-state index contributed by atoms with van der Waals surface area (Å²) in [5.41, 5.74) is 6.74. The fourth-order valence-corrected chi connectivity index (χ4v) is 2.19. The summed E-state index contributed by atoms with van der Waals surface area (Å²) in [4.78, 5) is 0. The van der Waals surface area contributed by atoms with Gasteiger partial charge in [0, 0.05) is 19.1 Å². The van der Waals surface area contributed by atoms with Gasteiger partial charge in [0.25, 0.3) is 0 Å². The molecule has 0 radical (unpaired) electrons. The first-order chi connectivity index (χ1) is 9.71. The van der Waals surface area contributed by atoms with E-state index in [4.69, 9.17) is 16.0 Å². The summed E-state index contributed by atoms with van der Waals surface area (Å²) in [6.45, 7) is 3.12. The normalized spacial score (nSPS) is 15.0. The van der Waals surface area contributed by atoms with Gasteiger partial charge in [-0.1, -0.05) is 48.8 Å². The minimum atomic E-state index is 0.0137. The van der Waals surface area contributed by atoms with Gasteiger partial charge in [-0.3, -0.25) is 0 Å². The third-order valence-corrected chi connectivity index (χ3v) is 3.51. The van der Waals surface area contributed by atoms with Crippen LogP contribution in [0.15, 0.2) is 35.5 Å². The van der Waals surface area contributed by atoms with Crippen LogP contribution in [0.25, 0.3) is 0 Å². The maximum Gasteiger partial charge on any atom is 0.141 e. The second kappa shape index (κ2) is 9.34. The number of aliphatic hydroxyl groups is 1. The molecule has 0 aliphatic heterocycles. The van der Waals surface area contributed by atoms with Crippen LogP contribution in [-0.2, 0) is 0 Å². The van der Waals surface area contributed by atoms with E-state index in [0.29, 0.717) is 12.3 Å². The van der Waals surface area contributed by atoms with E-state index in [0.717, 1.165) is 24.9 Å². The minimum absolute atomic E-state index is 0.0137. The fraction of sp³-hybridized carbons (Fsp3) is 0.533. The number of nitrogens with two attached hydrogens (primary N) is 1. The van der Waals surface area contributed by atoms with Gasteiger partial charge < -0.3 is 21.4 Å². The lowest BCUT2D eigenvalue weighted by Gasteiger charge is -2.22. The maximum absolute atomic E-state index is 9.03. The highest BCUT2D eigenvalue weighted by Crippen LogP contribution is 2.18. The van der Waals surface area contributed by atoms with Gasteiger partial charge in [0.2, 0.25) is 0 Å². The fourth-order valence-electron chi connectivity index (χ4n) is 2.19. The van der Waals surface area contributed by atoms with Crippen LogP contribution in [0.2, 0.25) is 0 Å². The first-order valence-corrected chi connectivity index (χ1v) is 7.06. The summed E-state index contributed by atoms with van der Waals surface area (Å²) in [6.07, 6.45) is 2.25. The van der Waals surface area contributed by atoms with Crippen molar-refractivity contribution in [3.05, 3.63) is 35.9 Å². The lowest BCUT2D eigenvalue weighted by atomic mass is 9.99. The highest BCUT2D eigenvalue weighted by molar-refractivity contribution is 5.80. The molecule has 0 amide bonds. The third-order valence-electron chi connectivity index (χ3n) is 3.51. The predicted molar refractivity (Wildman–Crippen MR) is 80.7 cm³/mol. The number of oxime groups is 1. The topological polar surface area (TPSA) is 90.9 Å². The molecule has 0 bridgehead atoms. The Morgan fingerprint density at radius 1 is 1.35 bits per heavy atom. The molecule has 2 unspecified atom stereocenters. The molecule has 1 aromatic carbocycles. The van der Waals surface area contributed by atoms with E-state index in [-0.39, 0.29) is 18.5 Å². The van der Waals surface area contributed by atoms with Crippen molar-refractivity contribution in [1.82, 2.24) is 5.32 Å². The minimum Gasteiger partial charge on any atom is -0.409 e. The number of benzene rings is 1. The predicted octanol–water partition coefficient (Wildman–Crippen LogP) is 1.86. The van der Waals surface area contributed by atoms with Crippen LogP contribution in [0, 0.1) is 5.92 Å². The second-order valence-electron chi connectivity index (χ2n) is 4.95. The number of nitrogens with zero attached hydrogens (tertiary/aromatic N) is 1. The van der Waals surface area contributed by atoms with Crippen molar-refractivity contribution in [2.75, 3.05) is 13.2 Å². The average molecular weight is 279 g/mol. The van der Waals surface area contributed by atoms with E-state index >= 15 is 0 Å². The van der Waals surface area contributed by atoms with Crippen molar-refractivity contribution in [2.45, 2.75) is 32.2 Å². The van der Waals surface area contributed by atoms with Crippen molar-refractivity contribution in [3.63, 3.8) is 0 Å². The Bertz CT molecular complexity index is 395. The zero-order chi connectivity index (χ0) is 14.8. The van der Waals surface area contributed by atoms with Gasteiger partial charge in [0.1, 0.15) is 5.84 Å². The van der Waals surface area contributed by atoms with Gasteiger partial charge in [-0.05, 0) is 24.4 Å². The molecule has 5 nitrogen and oxygen atoms in total. The zero-order valence-electron chi connectivity index (χ0n) is 12.0. The SMILES string of the molecule is CCC(CCO)CNC(C/C(N)=N/O)c1ccccc1. The zero-order valence-corrected chi connectivity index (χ0v) is 12.0. The van der Waals surface area contributed by atoms with Gasteiger partial charge >= 0.3 is 0 Å². The Morgan fingerprint density at radius 3 is 2.60 bits per heavy atom. The third kappa shape index (κ3) is 5.59. The van der Waals surface area contributed by atoms with Gasteiger partial charge in [0.05, 0.1) is 0 Å². The summed E-state index contributed by atoms with van der Waals surface area (Å²) >= 11 is 0. The smallest absolute Gasteiger partial charge is 0.141 e. The number of nitrogens with one attached hydrogen (secondary N) is 1. The molecule has 0 heterocycles.